The van der Waals surface area contributed by atoms with Crippen molar-refractivity contribution < 1.29 is 14.7 Å². The number of benzene rings is 1. The summed E-state index contributed by atoms with van der Waals surface area (Å²) in [6, 6.07) is 5.25. The lowest BCUT2D eigenvalue weighted by atomic mass is 10.1. The number of hydrogen-bond donors (Lipinski definition) is 3. The average molecular weight is 276 g/mol. The second-order valence-corrected chi connectivity index (χ2v) is 5.28. The summed E-state index contributed by atoms with van der Waals surface area (Å²) in [6.45, 7) is 2.75. The fraction of sp³-hybridized carbons (Fsp3) is 0.467. The smallest absolute Gasteiger partial charge is 0.251 e. The van der Waals surface area contributed by atoms with E-state index in [2.05, 4.69) is 10.6 Å². The van der Waals surface area contributed by atoms with Gasteiger partial charge in [-0.3, -0.25) is 9.59 Å². The van der Waals surface area contributed by atoms with Gasteiger partial charge in [0.15, 0.2) is 0 Å². The largest absolute Gasteiger partial charge is 0.396 e. The molecular weight excluding hydrogens is 256 g/mol. The van der Waals surface area contributed by atoms with E-state index in [4.69, 9.17) is 5.11 Å². The van der Waals surface area contributed by atoms with Crippen molar-refractivity contribution in [2.75, 3.05) is 18.5 Å². The van der Waals surface area contributed by atoms with Crippen LogP contribution in [0.5, 0.6) is 0 Å². The first-order chi connectivity index (χ1) is 9.60. The zero-order chi connectivity index (χ0) is 14.5. The van der Waals surface area contributed by atoms with Crippen LogP contribution in [0.3, 0.4) is 0 Å². The molecule has 1 heterocycles. The zero-order valence-corrected chi connectivity index (χ0v) is 11.6. The zero-order valence-electron chi connectivity index (χ0n) is 11.6. The maximum absolute atomic E-state index is 12.0. The molecule has 5 nitrogen and oxygen atoms in total. The van der Waals surface area contributed by atoms with Gasteiger partial charge in [-0.1, -0.05) is 6.92 Å². The molecule has 1 aliphatic heterocycles. The molecule has 1 aromatic rings. The van der Waals surface area contributed by atoms with Crippen molar-refractivity contribution in [2.45, 2.75) is 26.2 Å². The van der Waals surface area contributed by atoms with Crippen LogP contribution in [-0.4, -0.2) is 30.1 Å². The molecule has 0 saturated carbocycles. The average Bonchev–Trinajstić information content (AvgIpc) is 2.81. The van der Waals surface area contributed by atoms with Crippen molar-refractivity contribution in [2.24, 2.45) is 5.92 Å². The van der Waals surface area contributed by atoms with Crippen molar-refractivity contribution >= 4 is 17.5 Å². The summed E-state index contributed by atoms with van der Waals surface area (Å²) in [5.74, 6) is 0.114. The Kier molecular flexibility index (Phi) is 4.74. The molecule has 1 aromatic carbocycles. The number of amides is 2. The molecule has 20 heavy (non-hydrogen) atoms. The van der Waals surface area contributed by atoms with Gasteiger partial charge >= 0.3 is 0 Å². The summed E-state index contributed by atoms with van der Waals surface area (Å²) in [7, 11) is 0. The first-order valence-corrected chi connectivity index (χ1v) is 6.92. The summed E-state index contributed by atoms with van der Waals surface area (Å²) in [5, 5.41) is 14.5. The summed E-state index contributed by atoms with van der Waals surface area (Å²) >= 11 is 0. The number of nitrogens with one attached hydrogen (secondary N) is 2. The Bertz CT molecular complexity index is 514. The van der Waals surface area contributed by atoms with Crippen LogP contribution in [-0.2, 0) is 11.2 Å². The topological polar surface area (TPSA) is 78.4 Å². The fourth-order valence-corrected chi connectivity index (χ4v) is 2.22. The summed E-state index contributed by atoms with van der Waals surface area (Å²) in [5.41, 5.74) is 2.25. The number of carbonyl (C=O) groups excluding carboxylic acids is 2. The highest BCUT2D eigenvalue weighted by Crippen LogP contribution is 2.23. The highest BCUT2D eigenvalue weighted by atomic mass is 16.3. The minimum absolute atomic E-state index is 0.0319. The van der Waals surface area contributed by atoms with Gasteiger partial charge in [-0.15, -0.1) is 0 Å². The third kappa shape index (κ3) is 3.57. The molecule has 108 valence electrons. The first kappa shape index (κ1) is 14.5. The van der Waals surface area contributed by atoms with Crippen LogP contribution in [0, 0.1) is 5.92 Å². The van der Waals surface area contributed by atoms with E-state index in [0.717, 1.165) is 24.1 Å². The van der Waals surface area contributed by atoms with E-state index >= 15 is 0 Å². The van der Waals surface area contributed by atoms with Crippen molar-refractivity contribution in [1.82, 2.24) is 5.32 Å². The Morgan fingerprint density at radius 2 is 2.30 bits per heavy atom. The van der Waals surface area contributed by atoms with Crippen molar-refractivity contribution in [3.8, 4) is 0 Å². The van der Waals surface area contributed by atoms with Gasteiger partial charge in [0.05, 0.1) is 6.42 Å². The molecule has 1 unspecified atom stereocenters. The Morgan fingerprint density at radius 1 is 1.50 bits per heavy atom. The maximum atomic E-state index is 12.0. The first-order valence-electron chi connectivity index (χ1n) is 6.92. The summed E-state index contributed by atoms with van der Waals surface area (Å²) < 4.78 is 0. The second-order valence-electron chi connectivity index (χ2n) is 5.28. The molecular formula is C15H20N2O3. The number of fused-ring (bicyclic) bond motifs is 1. The van der Waals surface area contributed by atoms with Gasteiger partial charge in [0.1, 0.15) is 0 Å². The monoisotopic (exact) mass is 276 g/mol. The predicted molar refractivity (Wildman–Crippen MR) is 76.6 cm³/mol. The summed E-state index contributed by atoms with van der Waals surface area (Å²) in [4.78, 5) is 23.2. The molecule has 0 radical (unpaired) electrons. The fourth-order valence-electron chi connectivity index (χ4n) is 2.22. The van der Waals surface area contributed by atoms with Crippen LogP contribution in [0.15, 0.2) is 18.2 Å². The number of aliphatic hydroxyl groups is 1. The molecule has 3 N–H and O–H groups in total. The second kappa shape index (κ2) is 6.52. The van der Waals surface area contributed by atoms with Crippen LogP contribution in [0.2, 0.25) is 0 Å². The van der Waals surface area contributed by atoms with Crippen LogP contribution >= 0.6 is 0 Å². The Morgan fingerprint density at radius 3 is 3.05 bits per heavy atom. The minimum atomic E-state index is -0.121. The van der Waals surface area contributed by atoms with Crippen molar-refractivity contribution in [3.63, 3.8) is 0 Å². The minimum Gasteiger partial charge on any atom is -0.396 e. The molecule has 0 aromatic heterocycles. The maximum Gasteiger partial charge on any atom is 0.251 e. The normalized spacial score (nSPS) is 14.6. The highest BCUT2D eigenvalue weighted by molar-refractivity contribution is 6.01. The number of aliphatic hydroxyl groups excluding tert-OH is 1. The SMILES string of the molecule is CC(CO)CCCNC(=O)c1ccc2c(c1)CC(=O)N2. The van der Waals surface area contributed by atoms with E-state index in [1.165, 1.54) is 0 Å². The Balaban J connectivity index is 1.84. The molecule has 0 saturated heterocycles. The van der Waals surface area contributed by atoms with Crippen LogP contribution in [0.25, 0.3) is 0 Å². The van der Waals surface area contributed by atoms with E-state index < -0.39 is 0 Å². The number of rotatable bonds is 6. The van der Waals surface area contributed by atoms with Gasteiger partial charge in [-0.05, 0) is 42.5 Å². The van der Waals surface area contributed by atoms with Gasteiger partial charge in [-0.2, -0.15) is 0 Å². The summed E-state index contributed by atoms with van der Waals surface area (Å²) in [6.07, 6.45) is 2.07. The van der Waals surface area contributed by atoms with E-state index in [1.54, 1.807) is 18.2 Å². The number of hydrogen-bond acceptors (Lipinski definition) is 3. The van der Waals surface area contributed by atoms with Gasteiger partial charge in [-0.25, -0.2) is 0 Å². The molecule has 0 aliphatic carbocycles. The molecule has 0 fully saturated rings. The Labute approximate surface area is 118 Å². The molecule has 2 rings (SSSR count). The van der Waals surface area contributed by atoms with Crippen LogP contribution < -0.4 is 10.6 Å². The molecule has 1 atom stereocenters. The lowest BCUT2D eigenvalue weighted by Crippen LogP contribution is -2.25. The van der Waals surface area contributed by atoms with Gasteiger partial charge in [0, 0.05) is 24.4 Å². The van der Waals surface area contributed by atoms with Gasteiger partial charge in [0.25, 0.3) is 5.91 Å². The van der Waals surface area contributed by atoms with Crippen molar-refractivity contribution in [1.29, 1.82) is 0 Å². The Hall–Kier alpha value is -1.88. The lowest BCUT2D eigenvalue weighted by molar-refractivity contribution is -0.115. The van der Waals surface area contributed by atoms with E-state index in [1.807, 2.05) is 6.92 Å². The quantitative estimate of drug-likeness (QED) is 0.686. The molecule has 0 bridgehead atoms. The molecule has 2 amide bonds. The van der Waals surface area contributed by atoms with Gasteiger partial charge in [0.2, 0.25) is 5.91 Å². The third-order valence-corrected chi connectivity index (χ3v) is 3.46. The van der Waals surface area contributed by atoms with Crippen LogP contribution in [0.4, 0.5) is 5.69 Å². The van der Waals surface area contributed by atoms with E-state index in [0.29, 0.717) is 18.5 Å². The highest BCUT2D eigenvalue weighted by Gasteiger charge is 2.18. The molecule has 5 heteroatoms. The molecule has 0 spiro atoms. The molecule has 1 aliphatic rings. The van der Waals surface area contributed by atoms with Crippen LogP contribution in [0.1, 0.15) is 35.7 Å². The lowest BCUT2D eigenvalue weighted by Gasteiger charge is -2.09. The number of anilines is 1. The third-order valence-electron chi connectivity index (χ3n) is 3.46. The van der Waals surface area contributed by atoms with E-state index in [-0.39, 0.29) is 24.3 Å². The van der Waals surface area contributed by atoms with Crippen molar-refractivity contribution in [3.05, 3.63) is 29.3 Å². The van der Waals surface area contributed by atoms with Gasteiger partial charge < -0.3 is 15.7 Å². The predicted octanol–water partition coefficient (Wildman–Crippen LogP) is 1.32. The van der Waals surface area contributed by atoms with E-state index in [9.17, 15) is 9.59 Å². The number of carbonyl (C=O) groups is 2. The standard InChI is InChI=1S/C15H20N2O3/c1-10(9-18)3-2-6-16-15(20)11-4-5-13-12(7-11)8-14(19)17-13/h4-5,7,10,18H,2-3,6,8-9H2,1H3,(H,16,20)(H,17,19).